The first-order valence-corrected chi connectivity index (χ1v) is 11.0. The van der Waals surface area contributed by atoms with Gasteiger partial charge in [-0.3, -0.25) is 0 Å². The van der Waals surface area contributed by atoms with Gasteiger partial charge in [-0.25, -0.2) is 0 Å². The van der Waals surface area contributed by atoms with Gasteiger partial charge in [0.15, 0.2) is 0 Å². The van der Waals surface area contributed by atoms with E-state index >= 15 is 0 Å². The first-order valence-electron chi connectivity index (χ1n) is 8.54. The summed E-state index contributed by atoms with van der Waals surface area (Å²) in [5, 5.41) is 0. The Kier molecular flexibility index (Phi) is 10.6. The van der Waals surface area contributed by atoms with Gasteiger partial charge in [-0.05, 0) is 0 Å². The summed E-state index contributed by atoms with van der Waals surface area (Å²) in [5.41, 5.74) is 10.2. The van der Waals surface area contributed by atoms with Gasteiger partial charge in [0.2, 0.25) is 0 Å². The van der Waals surface area contributed by atoms with E-state index in [0.717, 1.165) is 0 Å². The van der Waals surface area contributed by atoms with Crippen LogP contribution in [0.4, 0.5) is 0 Å². The molecule has 23 heavy (non-hydrogen) atoms. The Balaban J connectivity index is 0.00000242. The monoisotopic (exact) mass is 430 g/mol. The molecule has 3 heteroatoms. The molecule has 0 atom stereocenters. The quantitative estimate of drug-likeness (QED) is 0.579. The van der Waals surface area contributed by atoms with Crippen LogP contribution in [0.2, 0.25) is 0 Å². The SMILES string of the molecule is CCCC1=[C]([Zr+2][C]2=C(CCC)CC(C)=C2C)C(C)=C(C)C1.[Cl-].[Cl-]. The first kappa shape index (κ1) is 23.4. The normalized spacial score (nSPS) is 17.7. The van der Waals surface area contributed by atoms with Gasteiger partial charge in [-0.1, -0.05) is 0 Å². The van der Waals surface area contributed by atoms with Crippen molar-refractivity contribution in [1.29, 1.82) is 0 Å². The second-order valence-corrected chi connectivity index (χ2v) is 9.82. The van der Waals surface area contributed by atoms with Crippen molar-refractivity contribution in [2.24, 2.45) is 0 Å². The minimum atomic E-state index is -0.617. The molecule has 0 fully saturated rings. The molecule has 0 N–H and O–H groups in total. The molecule has 0 aromatic heterocycles. The van der Waals surface area contributed by atoms with Crippen LogP contribution in [-0.2, 0) is 23.2 Å². The molecule has 0 aromatic carbocycles. The number of hydrogen-bond acceptors (Lipinski definition) is 0. The molecule has 2 aliphatic carbocycles. The molecule has 0 spiro atoms. The van der Waals surface area contributed by atoms with Gasteiger partial charge >= 0.3 is 143 Å². The summed E-state index contributed by atoms with van der Waals surface area (Å²) in [4.78, 5) is 0. The zero-order valence-corrected chi connectivity index (χ0v) is 19.5. The third kappa shape index (κ3) is 5.20. The average Bonchev–Trinajstić information content (AvgIpc) is 2.85. The van der Waals surface area contributed by atoms with Crippen LogP contribution in [0.15, 0.2) is 40.0 Å². The zero-order valence-electron chi connectivity index (χ0n) is 15.5. The van der Waals surface area contributed by atoms with Gasteiger partial charge in [0.25, 0.3) is 0 Å². The van der Waals surface area contributed by atoms with Gasteiger partial charge in [0.05, 0.1) is 0 Å². The molecule has 0 aromatic rings. The van der Waals surface area contributed by atoms with E-state index in [0.29, 0.717) is 0 Å². The minimum absolute atomic E-state index is 0. The molecule has 0 aliphatic heterocycles. The van der Waals surface area contributed by atoms with Crippen LogP contribution in [0.3, 0.4) is 0 Å². The first-order chi connectivity index (χ1) is 9.99. The van der Waals surface area contributed by atoms with Gasteiger partial charge in [-0.2, -0.15) is 0 Å². The fraction of sp³-hybridized carbons (Fsp3) is 0.600. The van der Waals surface area contributed by atoms with Crippen LogP contribution in [0, 0.1) is 0 Å². The van der Waals surface area contributed by atoms with E-state index in [-0.39, 0.29) is 24.8 Å². The molecular weight excluding hydrogens is 402 g/mol. The van der Waals surface area contributed by atoms with Gasteiger partial charge < -0.3 is 24.8 Å². The van der Waals surface area contributed by atoms with Crippen molar-refractivity contribution in [1.82, 2.24) is 0 Å². The molecule has 128 valence electrons. The number of rotatable bonds is 6. The van der Waals surface area contributed by atoms with Crippen LogP contribution < -0.4 is 24.8 Å². The van der Waals surface area contributed by atoms with E-state index in [1.165, 1.54) is 38.5 Å². The average molecular weight is 433 g/mol. The second kappa shape index (κ2) is 10.4. The summed E-state index contributed by atoms with van der Waals surface area (Å²) >= 11 is -0.617. The molecular formula is C20H30Cl2Zr. The fourth-order valence-corrected chi connectivity index (χ4v) is 8.06. The molecule has 0 heterocycles. The summed E-state index contributed by atoms with van der Waals surface area (Å²) in [6.45, 7) is 14.1. The number of halogens is 2. The van der Waals surface area contributed by atoms with Gasteiger partial charge in [0.1, 0.15) is 0 Å². The second-order valence-electron chi connectivity index (χ2n) is 6.75. The predicted molar refractivity (Wildman–Crippen MR) is 89.9 cm³/mol. The smallest absolute Gasteiger partial charge is 1.00 e. The number of allylic oxidation sites excluding steroid dienone is 8. The maximum atomic E-state index is 2.38. The molecule has 2 rings (SSSR count). The van der Waals surface area contributed by atoms with Crippen molar-refractivity contribution < 1.29 is 48.0 Å². The van der Waals surface area contributed by atoms with Gasteiger partial charge in [-0.15, -0.1) is 0 Å². The Hall–Kier alpha value is 0.423. The summed E-state index contributed by atoms with van der Waals surface area (Å²) in [6, 6.07) is 0. The van der Waals surface area contributed by atoms with Crippen LogP contribution in [0.1, 0.15) is 80.1 Å². The van der Waals surface area contributed by atoms with Gasteiger partial charge in [0, 0.05) is 0 Å². The Morgan fingerprint density at radius 2 is 1.04 bits per heavy atom. The van der Waals surface area contributed by atoms with Crippen molar-refractivity contribution in [2.45, 2.75) is 80.1 Å². The Morgan fingerprint density at radius 1 is 0.696 bits per heavy atom. The summed E-state index contributed by atoms with van der Waals surface area (Å²) in [7, 11) is 0. The van der Waals surface area contributed by atoms with E-state index in [1.807, 2.05) is 6.56 Å². The molecule has 0 saturated carbocycles. The van der Waals surface area contributed by atoms with Crippen molar-refractivity contribution in [2.75, 3.05) is 0 Å². The summed E-state index contributed by atoms with van der Waals surface area (Å²) < 4.78 is 3.69. The standard InChI is InChI=1S/2C10H15.2ClH.Zr/c2*1-4-5-10-6-8(2)9(3)7-10;;;/h2*4-6H2,1-3H3;2*1H;/q;;;;+2/p-2. The molecule has 2 aliphatic rings. The fourth-order valence-electron chi connectivity index (χ4n) is 3.56. The van der Waals surface area contributed by atoms with Crippen molar-refractivity contribution >= 4 is 0 Å². The maximum absolute atomic E-state index is 2.38. The van der Waals surface area contributed by atoms with E-state index in [1.54, 1.807) is 33.4 Å². The zero-order chi connectivity index (χ0) is 15.6. The van der Waals surface area contributed by atoms with E-state index in [4.69, 9.17) is 0 Å². The van der Waals surface area contributed by atoms with Crippen molar-refractivity contribution in [3.05, 3.63) is 40.0 Å². The summed E-state index contributed by atoms with van der Waals surface area (Å²) in [5.74, 6) is 0. The molecule has 0 amide bonds. The van der Waals surface area contributed by atoms with Crippen molar-refractivity contribution in [3.8, 4) is 0 Å². The van der Waals surface area contributed by atoms with Crippen LogP contribution in [0.5, 0.6) is 0 Å². The van der Waals surface area contributed by atoms with Crippen LogP contribution in [0.25, 0.3) is 0 Å². The predicted octanol–water partition coefficient (Wildman–Crippen LogP) is 0.666. The third-order valence-electron chi connectivity index (χ3n) is 5.05. The Morgan fingerprint density at radius 3 is 1.35 bits per heavy atom. The third-order valence-corrected chi connectivity index (χ3v) is 9.86. The molecule has 0 unspecified atom stereocenters. The molecule has 0 radical (unpaired) electrons. The molecule has 0 saturated heterocycles. The van der Waals surface area contributed by atoms with E-state index in [2.05, 4.69) is 41.5 Å². The van der Waals surface area contributed by atoms with Crippen molar-refractivity contribution in [3.63, 3.8) is 0 Å². The summed E-state index contributed by atoms with van der Waals surface area (Å²) in [6.07, 6.45) is 7.79. The Labute approximate surface area is 167 Å². The van der Waals surface area contributed by atoms with E-state index < -0.39 is 23.2 Å². The molecule has 0 bridgehead atoms. The maximum Gasteiger partial charge on any atom is -1.00 e. The van der Waals surface area contributed by atoms with Crippen LogP contribution >= 0.6 is 0 Å². The largest absolute Gasteiger partial charge is 1.00 e. The number of hydrogen-bond donors (Lipinski definition) is 0. The topological polar surface area (TPSA) is 0 Å². The minimum Gasteiger partial charge on any atom is -1.00 e. The van der Waals surface area contributed by atoms with E-state index in [9.17, 15) is 0 Å². The molecule has 0 nitrogen and oxygen atoms in total. The Bertz CT molecular complexity index is 512. The van der Waals surface area contributed by atoms with Crippen LogP contribution in [-0.4, -0.2) is 0 Å².